The van der Waals surface area contributed by atoms with E-state index in [-0.39, 0.29) is 12.4 Å². The molecule has 0 spiro atoms. The second-order valence-corrected chi connectivity index (χ2v) is 7.13. The monoisotopic (exact) mass is 440 g/mol. The average Bonchev–Trinajstić information content (AvgIpc) is 2.73. The Morgan fingerprint density at radius 3 is 2.62 bits per heavy atom. The van der Waals surface area contributed by atoms with Gasteiger partial charge < -0.3 is 19.5 Å². The average molecular weight is 441 g/mol. The molecule has 1 aliphatic heterocycles. The molecule has 160 valence electrons. The van der Waals surface area contributed by atoms with Crippen molar-refractivity contribution in [3.63, 3.8) is 0 Å². The molecule has 0 saturated carbocycles. The first-order valence-electron chi connectivity index (χ1n) is 9.89. The van der Waals surface area contributed by atoms with Gasteiger partial charge in [-0.2, -0.15) is 0 Å². The van der Waals surface area contributed by atoms with Gasteiger partial charge in [0.2, 0.25) is 0 Å². The molecular weight excluding hydrogens is 411 g/mol. The molecule has 0 unspecified atom stereocenters. The molecule has 0 aliphatic carbocycles. The van der Waals surface area contributed by atoms with Gasteiger partial charge in [0.15, 0.2) is 11.5 Å². The first-order chi connectivity index (χ1) is 13.8. The minimum atomic E-state index is 0. The fourth-order valence-electron chi connectivity index (χ4n) is 3.12. The maximum Gasteiger partial charge on any atom is 0.161 e. The van der Waals surface area contributed by atoms with Crippen molar-refractivity contribution >= 4 is 24.0 Å². The van der Waals surface area contributed by atoms with Crippen molar-refractivity contribution in [3.05, 3.63) is 58.6 Å². The molecule has 2 aromatic carbocycles. The molecule has 0 atom stereocenters. The number of nitrogens with zero attached hydrogens (tertiary/aromatic N) is 1. The second kappa shape index (κ2) is 12.9. The molecule has 1 heterocycles. The van der Waals surface area contributed by atoms with Crippen molar-refractivity contribution < 1.29 is 14.2 Å². The number of halogens is 2. The van der Waals surface area contributed by atoms with Gasteiger partial charge in [0, 0.05) is 43.3 Å². The zero-order valence-electron chi connectivity index (χ0n) is 16.9. The van der Waals surface area contributed by atoms with Crippen LogP contribution in [0.3, 0.4) is 0 Å². The number of hydrogen-bond donors (Lipinski definition) is 1. The Labute approximate surface area is 184 Å². The van der Waals surface area contributed by atoms with E-state index in [0.717, 1.165) is 63.0 Å². The molecule has 0 amide bonds. The zero-order valence-corrected chi connectivity index (χ0v) is 18.4. The highest BCUT2D eigenvalue weighted by Gasteiger charge is 2.10. The van der Waals surface area contributed by atoms with Crippen molar-refractivity contribution in [3.8, 4) is 11.5 Å². The topological polar surface area (TPSA) is 43.0 Å². The Kier molecular flexibility index (Phi) is 10.6. The molecule has 0 radical (unpaired) electrons. The fourth-order valence-corrected chi connectivity index (χ4v) is 3.31. The molecule has 0 aromatic heterocycles. The summed E-state index contributed by atoms with van der Waals surface area (Å²) >= 11 is 6.21. The second-order valence-electron chi connectivity index (χ2n) is 6.72. The minimum absolute atomic E-state index is 0. The van der Waals surface area contributed by atoms with Crippen molar-refractivity contribution in [2.75, 3.05) is 46.0 Å². The maximum absolute atomic E-state index is 6.21. The van der Waals surface area contributed by atoms with Gasteiger partial charge in [-0.1, -0.05) is 35.9 Å². The van der Waals surface area contributed by atoms with E-state index in [0.29, 0.717) is 18.2 Å². The molecule has 2 aromatic rings. The summed E-state index contributed by atoms with van der Waals surface area (Å²) in [5, 5.41) is 4.22. The van der Waals surface area contributed by atoms with Crippen LogP contribution in [0, 0.1) is 0 Å². The van der Waals surface area contributed by atoms with Crippen LogP contribution in [0.4, 0.5) is 0 Å². The van der Waals surface area contributed by atoms with Gasteiger partial charge in [-0.25, -0.2) is 0 Å². The van der Waals surface area contributed by atoms with E-state index >= 15 is 0 Å². The molecule has 5 nitrogen and oxygen atoms in total. The van der Waals surface area contributed by atoms with E-state index in [1.54, 1.807) is 0 Å². The van der Waals surface area contributed by atoms with Crippen molar-refractivity contribution in [1.82, 2.24) is 10.2 Å². The number of benzene rings is 2. The van der Waals surface area contributed by atoms with Gasteiger partial charge in [-0.15, -0.1) is 12.4 Å². The normalized spacial score (nSPS) is 14.3. The van der Waals surface area contributed by atoms with Crippen LogP contribution in [0.5, 0.6) is 11.5 Å². The van der Waals surface area contributed by atoms with Crippen LogP contribution in [-0.2, 0) is 17.9 Å². The Bertz CT molecular complexity index is 740. The minimum Gasteiger partial charge on any atom is -0.490 e. The first kappa shape index (κ1) is 23.8. The lowest BCUT2D eigenvalue weighted by molar-refractivity contribution is 0.0384. The number of nitrogens with one attached hydrogen (secondary N) is 1. The van der Waals surface area contributed by atoms with Crippen LogP contribution in [0.15, 0.2) is 42.5 Å². The molecule has 0 bridgehead atoms. The Morgan fingerprint density at radius 2 is 1.86 bits per heavy atom. The molecule has 7 heteroatoms. The standard InChI is InChI=1S/C22H29ClN2O3.ClH/c1-2-27-22-15-18(16-24-9-10-25-11-13-26-14-12-25)7-8-21(22)28-17-19-5-3-4-6-20(19)23;/h3-8,15,24H,2,9-14,16-17H2,1H3;1H. The van der Waals surface area contributed by atoms with Crippen LogP contribution in [0.25, 0.3) is 0 Å². The number of morpholine rings is 1. The van der Waals surface area contributed by atoms with Crippen LogP contribution in [-0.4, -0.2) is 50.9 Å². The lowest BCUT2D eigenvalue weighted by Gasteiger charge is -2.26. The lowest BCUT2D eigenvalue weighted by Crippen LogP contribution is -2.40. The van der Waals surface area contributed by atoms with Gasteiger partial charge in [0.25, 0.3) is 0 Å². The van der Waals surface area contributed by atoms with E-state index in [1.807, 2.05) is 43.3 Å². The molecular formula is C22H30Cl2N2O3. The first-order valence-corrected chi connectivity index (χ1v) is 10.3. The summed E-state index contributed by atoms with van der Waals surface area (Å²) in [5.74, 6) is 1.50. The third-order valence-corrected chi connectivity index (χ3v) is 5.06. The van der Waals surface area contributed by atoms with Gasteiger partial charge in [-0.05, 0) is 30.7 Å². The van der Waals surface area contributed by atoms with Gasteiger partial charge >= 0.3 is 0 Å². The van der Waals surface area contributed by atoms with Gasteiger partial charge in [0.1, 0.15) is 6.61 Å². The number of rotatable bonds is 10. The van der Waals surface area contributed by atoms with Gasteiger partial charge in [0.05, 0.1) is 19.8 Å². The third-order valence-electron chi connectivity index (χ3n) is 4.69. The van der Waals surface area contributed by atoms with Gasteiger partial charge in [-0.3, -0.25) is 4.90 Å². The Morgan fingerprint density at radius 1 is 1.07 bits per heavy atom. The summed E-state index contributed by atoms with van der Waals surface area (Å²) < 4.78 is 17.1. The Balaban J connectivity index is 0.00000300. The van der Waals surface area contributed by atoms with Crippen LogP contribution in [0.1, 0.15) is 18.1 Å². The fraction of sp³-hybridized carbons (Fsp3) is 0.455. The third kappa shape index (κ3) is 7.68. The molecule has 1 fully saturated rings. The highest BCUT2D eigenvalue weighted by Crippen LogP contribution is 2.30. The summed E-state index contributed by atoms with van der Waals surface area (Å²) in [6.07, 6.45) is 0. The van der Waals surface area contributed by atoms with Crippen LogP contribution < -0.4 is 14.8 Å². The lowest BCUT2D eigenvalue weighted by atomic mass is 10.2. The summed E-state index contributed by atoms with van der Waals surface area (Å²) in [4.78, 5) is 2.42. The van der Waals surface area contributed by atoms with E-state index in [1.165, 1.54) is 5.56 Å². The van der Waals surface area contributed by atoms with Crippen molar-refractivity contribution in [2.24, 2.45) is 0 Å². The van der Waals surface area contributed by atoms with Crippen molar-refractivity contribution in [2.45, 2.75) is 20.1 Å². The van der Waals surface area contributed by atoms with E-state index in [2.05, 4.69) is 16.3 Å². The highest BCUT2D eigenvalue weighted by molar-refractivity contribution is 6.31. The number of ether oxygens (including phenoxy) is 3. The highest BCUT2D eigenvalue weighted by atomic mass is 35.5. The summed E-state index contributed by atoms with van der Waals surface area (Å²) in [7, 11) is 0. The molecule has 3 rings (SSSR count). The summed E-state index contributed by atoms with van der Waals surface area (Å²) in [6, 6.07) is 13.8. The van der Waals surface area contributed by atoms with E-state index in [4.69, 9.17) is 25.8 Å². The summed E-state index contributed by atoms with van der Waals surface area (Å²) in [5.41, 5.74) is 2.14. The molecule has 1 saturated heterocycles. The van der Waals surface area contributed by atoms with E-state index < -0.39 is 0 Å². The molecule has 1 N–H and O–H groups in total. The Hall–Kier alpha value is -1.50. The van der Waals surface area contributed by atoms with Crippen molar-refractivity contribution in [1.29, 1.82) is 0 Å². The van der Waals surface area contributed by atoms with E-state index in [9.17, 15) is 0 Å². The maximum atomic E-state index is 6.21. The largest absolute Gasteiger partial charge is 0.490 e. The predicted molar refractivity (Wildman–Crippen MR) is 120 cm³/mol. The number of hydrogen-bond acceptors (Lipinski definition) is 5. The SMILES string of the molecule is CCOc1cc(CNCCN2CCOCC2)ccc1OCc1ccccc1Cl.Cl. The van der Waals surface area contributed by atoms with Crippen LogP contribution in [0.2, 0.25) is 5.02 Å². The quantitative estimate of drug-likeness (QED) is 0.561. The smallest absolute Gasteiger partial charge is 0.161 e. The molecule has 1 aliphatic rings. The molecule has 29 heavy (non-hydrogen) atoms. The van der Waals surface area contributed by atoms with Crippen LogP contribution >= 0.6 is 24.0 Å². The summed E-state index contributed by atoms with van der Waals surface area (Å²) in [6.45, 7) is 9.50. The predicted octanol–water partition coefficient (Wildman–Crippen LogP) is 4.16. The zero-order chi connectivity index (χ0) is 19.6.